The van der Waals surface area contributed by atoms with E-state index in [0.717, 1.165) is 0 Å². The van der Waals surface area contributed by atoms with Gasteiger partial charge in [-0.05, 0) is 24.3 Å². The van der Waals surface area contributed by atoms with Gasteiger partial charge in [0.15, 0.2) is 0 Å². The number of para-hydroxylation sites is 2. The first-order valence-electron chi connectivity index (χ1n) is 10.7. The van der Waals surface area contributed by atoms with Crippen LogP contribution in [-0.4, -0.2) is 22.5 Å². The number of aliphatic hydroxyl groups is 1. The maximum Gasteiger partial charge on any atom is 0.296 e. The van der Waals surface area contributed by atoms with Crippen molar-refractivity contribution in [1.29, 1.82) is 0 Å². The van der Waals surface area contributed by atoms with Crippen LogP contribution in [0.4, 0.5) is 11.4 Å². The largest absolute Gasteiger partial charge is 0.506 e. The first-order chi connectivity index (χ1) is 16.6. The molecule has 0 aliphatic heterocycles. The summed E-state index contributed by atoms with van der Waals surface area (Å²) in [5.74, 6) is -2.10. The van der Waals surface area contributed by atoms with E-state index >= 15 is 0 Å². The Bertz CT molecular complexity index is 1330. The standard InChI is InChI=1S/C29H22N2O3/c32-27(22-15-7-2-8-16-22)25(28(33)29(34)31-24-19-11-4-12-20-24)26(21-13-5-1-6-14-21)30-23-17-9-3-10-18-23/h1-20,32H,(H,31,34)/b27-25-,30-26?. The zero-order valence-corrected chi connectivity index (χ0v) is 18.3. The molecular weight excluding hydrogens is 424 g/mol. The number of ketones is 1. The number of carbonyl (C=O) groups excluding carboxylic acids is 2. The summed E-state index contributed by atoms with van der Waals surface area (Å²) in [6.07, 6.45) is 0. The molecule has 0 aliphatic carbocycles. The quantitative estimate of drug-likeness (QED) is 0.159. The lowest BCUT2D eigenvalue weighted by Gasteiger charge is -2.14. The molecule has 0 bridgehead atoms. The number of anilines is 1. The van der Waals surface area contributed by atoms with E-state index in [1.165, 1.54) is 0 Å². The number of hydrogen-bond acceptors (Lipinski definition) is 4. The maximum atomic E-state index is 13.6. The van der Waals surface area contributed by atoms with Crippen LogP contribution in [0.1, 0.15) is 11.1 Å². The summed E-state index contributed by atoms with van der Waals surface area (Å²) in [5.41, 5.74) is 2.05. The van der Waals surface area contributed by atoms with E-state index in [0.29, 0.717) is 22.5 Å². The van der Waals surface area contributed by atoms with E-state index in [1.54, 1.807) is 78.9 Å². The molecule has 0 radical (unpaired) electrons. The smallest absolute Gasteiger partial charge is 0.296 e. The van der Waals surface area contributed by atoms with Gasteiger partial charge in [0.25, 0.3) is 11.7 Å². The summed E-state index contributed by atoms with van der Waals surface area (Å²) < 4.78 is 0. The van der Waals surface area contributed by atoms with Gasteiger partial charge in [-0.15, -0.1) is 0 Å². The summed E-state index contributed by atoms with van der Waals surface area (Å²) in [4.78, 5) is 31.3. The van der Waals surface area contributed by atoms with Crippen molar-refractivity contribution in [3.05, 3.63) is 138 Å². The Morgan fingerprint density at radius 2 is 1.09 bits per heavy atom. The van der Waals surface area contributed by atoms with Gasteiger partial charge in [0.05, 0.1) is 17.0 Å². The second kappa shape index (κ2) is 10.7. The second-order valence-electron chi connectivity index (χ2n) is 7.40. The predicted octanol–water partition coefficient (Wildman–Crippen LogP) is 5.98. The molecule has 4 rings (SSSR count). The van der Waals surface area contributed by atoms with Crippen LogP contribution in [-0.2, 0) is 9.59 Å². The lowest BCUT2D eigenvalue weighted by Crippen LogP contribution is -2.29. The molecule has 0 unspecified atom stereocenters. The van der Waals surface area contributed by atoms with Crippen molar-refractivity contribution in [2.45, 2.75) is 0 Å². The number of Topliss-reactive ketones (excluding diaryl/α,β-unsaturated/α-hetero) is 1. The summed E-state index contributed by atoms with van der Waals surface area (Å²) >= 11 is 0. The third kappa shape index (κ3) is 5.34. The van der Waals surface area contributed by atoms with Crippen LogP contribution < -0.4 is 5.32 Å². The van der Waals surface area contributed by atoms with Gasteiger partial charge in [-0.2, -0.15) is 0 Å². The number of carbonyl (C=O) groups is 2. The van der Waals surface area contributed by atoms with E-state index < -0.39 is 11.7 Å². The van der Waals surface area contributed by atoms with E-state index in [2.05, 4.69) is 10.3 Å². The van der Waals surface area contributed by atoms with Crippen LogP contribution in [0.3, 0.4) is 0 Å². The van der Waals surface area contributed by atoms with Crippen LogP contribution in [0.2, 0.25) is 0 Å². The summed E-state index contributed by atoms with van der Waals surface area (Å²) in [5, 5.41) is 13.9. The molecule has 0 heterocycles. The topological polar surface area (TPSA) is 78.8 Å². The zero-order chi connectivity index (χ0) is 23.8. The fourth-order valence-corrected chi connectivity index (χ4v) is 3.38. The van der Waals surface area contributed by atoms with Gasteiger partial charge in [-0.25, -0.2) is 4.99 Å². The van der Waals surface area contributed by atoms with Crippen LogP contribution in [0.5, 0.6) is 0 Å². The molecule has 0 aliphatic rings. The van der Waals surface area contributed by atoms with Gasteiger partial charge >= 0.3 is 0 Å². The maximum absolute atomic E-state index is 13.6. The molecule has 0 saturated carbocycles. The minimum Gasteiger partial charge on any atom is -0.506 e. The Hall–Kier alpha value is -4.77. The molecule has 0 aromatic heterocycles. The average Bonchev–Trinajstić information content (AvgIpc) is 2.90. The summed E-state index contributed by atoms with van der Waals surface area (Å²) in [6.45, 7) is 0. The normalized spacial score (nSPS) is 11.9. The number of amides is 1. The lowest BCUT2D eigenvalue weighted by molar-refractivity contribution is -0.132. The van der Waals surface area contributed by atoms with Crippen molar-refractivity contribution in [3.8, 4) is 0 Å². The highest BCUT2D eigenvalue weighted by Gasteiger charge is 2.29. The number of aliphatic imine (C=N–C) groups is 1. The van der Waals surface area contributed by atoms with Crippen molar-refractivity contribution in [2.24, 2.45) is 4.99 Å². The third-order valence-corrected chi connectivity index (χ3v) is 5.03. The number of nitrogens with zero attached hydrogens (tertiary/aromatic N) is 1. The number of nitrogens with one attached hydrogen (secondary N) is 1. The van der Waals surface area contributed by atoms with Crippen LogP contribution >= 0.6 is 0 Å². The van der Waals surface area contributed by atoms with Gasteiger partial charge in [0, 0.05) is 16.8 Å². The Balaban J connectivity index is 1.89. The Morgan fingerprint density at radius 3 is 1.65 bits per heavy atom. The fraction of sp³-hybridized carbons (Fsp3) is 0. The van der Waals surface area contributed by atoms with Gasteiger partial charge in [-0.1, -0.05) is 97.1 Å². The molecule has 34 heavy (non-hydrogen) atoms. The highest BCUT2D eigenvalue weighted by molar-refractivity contribution is 6.55. The third-order valence-electron chi connectivity index (χ3n) is 5.03. The van der Waals surface area contributed by atoms with Gasteiger partial charge in [0.2, 0.25) is 0 Å². The molecule has 2 N–H and O–H groups in total. The molecule has 4 aromatic rings. The first-order valence-corrected chi connectivity index (χ1v) is 10.7. The number of hydrogen-bond donors (Lipinski definition) is 2. The number of benzene rings is 4. The summed E-state index contributed by atoms with van der Waals surface area (Å²) in [6, 6.07) is 35.4. The molecule has 4 aromatic carbocycles. The Labute approximate surface area is 197 Å². The highest BCUT2D eigenvalue weighted by Crippen LogP contribution is 2.25. The van der Waals surface area contributed by atoms with Crippen molar-refractivity contribution >= 4 is 34.5 Å². The average molecular weight is 447 g/mol. The molecule has 5 heteroatoms. The molecule has 0 atom stereocenters. The zero-order valence-electron chi connectivity index (χ0n) is 18.3. The van der Waals surface area contributed by atoms with Crippen LogP contribution in [0.25, 0.3) is 5.76 Å². The van der Waals surface area contributed by atoms with E-state index in [4.69, 9.17) is 0 Å². The van der Waals surface area contributed by atoms with Crippen molar-refractivity contribution in [3.63, 3.8) is 0 Å². The summed E-state index contributed by atoms with van der Waals surface area (Å²) in [7, 11) is 0. The van der Waals surface area contributed by atoms with E-state index in [1.807, 2.05) is 42.5 Å². The van der Waals surface area contributed by atoms with Crippen molar-refractivity contribution < 1.29 is 14.7 Å². The molecule has 1 amide bonds. The monoisotopic (exact) mass is 446 g/mol. The molecule has 166 valence electrons. The molecular formula is C29H22N2O3. The van der Waals surface area contributed by atoms with E-state index in [-0.39, 0.29) is 17.0 Å². The second-order valence-corrected chi connectivity index (χ2v) is 7.40. The SMILES string of the molecule is O=C(Nc1ccccc1)C(=O)/C(C(=Nc1ccccc1)c1ccccc1)=C(\O)c1ccccc1. The lowest BCUT2D eigenvalue weighted by atomic mass is 9.94. The minimum atomic E-state index is -0.899. The van der Waals surface area contributed by atoms with Crippen molar-refractivity contribution in [2.75, 3.05) is 5.32 Å². The molecule has 0 saturated heterocycles. The molecule has 5 nitrogen and oxygen atoms in total. The molecule has 0 fully saturated rings. The highest BCUT2D eigenvalue weighted by atomic mass is 16.3. The first kappa shape index (κ1) is 22.4. The van der Waals surface area contributed by atoms with Crippen molar-refractivity contribution in [1.82, 2.24) is 0 Å². The Kier molecular flexibility index (Phi) is 7.06. The van der Waals surface area contributed by atoms with Crippen LogP contribution in [0.15, 0.2) is 132 Å². The predicted molar refractivity (Wildman–Crippen MR) is 135 cm³/mol. The van der Waals surface area contributed by atoms with E-state index in [9.17, 15) is 14.7 Å². The van der Waals surface area contributed by atoms with Gasteiger partial charge < -0.3 is 10.4 Å². The number of rotatable bonds is 7. The van der Waals surface area contributed by atoms with Gasteiger partial charge in [0.1, 0.15) is 5.76 Å². The molecule has 0 spiro atoms. The number of aliphatic hydroxyl groups excluding tert-OH is 1. The van der Waals surface area contributed by atoms with Crippen LogP contribution in [0, 0.1) is 0 Å². The fourth-order valence-electron chi connectivity index (χ4n) is 3.38. The minimum absolute atomic E-state index is 0.185. The van der Waals surface area contributed by atoms with Gasteiger partial charge in [-0.3, -0.25) is 9.59 Å². The Morgan fingerprint density at radius 1 is 0.618 bits per heavy atom.